The van der Waals surface area contributed by atoms with E-state index in [9.17, 15) is 0 Å². The second kappa shape index (κ2) is 6.64. The maximum Gasteiger partial charge on any atom is 0.0943 e. The number of nitrogens with one attached hydrogen (secondary N) is 2. The van der Waals surface area contributed by atoms with E-state index < -0.39 is 0 Å². The Labute approximate surface area is 79.8 Å². The van der Waals surface area contributed by atoms with Crippen molar-refractivity contribution in [2.75, 3.05) is 26.2 Å². The number of nitrogens with zero attached hydrogens (tertiary/aromatic N) is 1. The van der Waals surface area contributed by atoms with Gasteiger partial charge in [-0.05, 0) is 19.3 Å². The molecule has 0 aromatic heterocycles. The zero-order valence-electron chi connectivity index (χ0n) is 7.97. The molecule has 3 nitrogen and oxygen atoms in total. The molecule has 0 radical (unpaired) electrons. The number of hydrogen-bond acceptors (Lipinski definition) is 3. The summed E-state index contributed by atoms with van der Waals surface area (Å²) in [7, 11) is 0. The van der Waals surface area contributed by atoms with Gasteiger partial charge in [0.1, 0.15) is 0 Å². The van der Waals surface area contributed by atoms with Crippen LogP contribution in [0.15, 0.2) is 11.6 Å². The molecule has 0 spiro atoms. The first-order chi connectivity index (χ1) is 6.43. The number of hydrogen-bond donors (Lipinski definition) is 2. The van der Waals surface area contributed by atoms with Crippen LogP contribution in [-0.2, 0) is 0 Å². The van der Waals surface area contributed by atoms with Crippen LogP contribution in [0, 0.1) is 11.3 Å². The van der Waals surface area contributed by atoms with Crippen LogP contribution in [0.3, 0.4) is 0 Å². The molecule has 0 aromatic rings. The molecule has 0 unspecified atom stereocenters. The van der Waals surface area contributed by atoms with Gasteiger partial charge in [0.25, 0.3) is 0 Å². The fourth-order valence-corrected chi connectivity index (χ4v) is 1.38. The normalized spacial score (nSPS) is 21.0. The van der Waals surface area contributed by atoms with E-state index >= 15 is 0 Å². The molecule has 72 valence electrons. The molecule has 2 rings (SSSR count). The van der Waals surface area contributed by atoms with E-state index in [0.29, 0.717) is 0 Å². The summed E-state index contributed by atoms with van der Waals surface area (Å²) in [6.45, 7) is 4.56. The monoisotopic (exact) mass is 179 g/mol. The highest BCUT2D eigenvalue weighted by Gasteiger charge is 2.00. The lowest BCUT2D eigenvalue weighted by Crippen LogP contribution is -2.39. The molecule has 1 fully saturated rings. The van der Waals surface area contributed by atoms with E-state index in [2.05, 4.69) is 16.7 Å². The molecule has 2 N–H and O–H groups in total. The zero-order valence-corrected chi connectivity index (χ0v) is 7.97. The van der Waals surface area contributed by atoms with Crippen molar-refractivity contribution in [2.45, 2.75) is 19.3 Å². The summed E-state index contributed by atoms with van der Waals surface area (Å²) >= 11 is 0. The smallest absolute Gasteiger partial charge is 0.0943 e. The average Bonchev–Trinajstić information content (AvgIpc) is 2.74. The van der Waals surface area contributed by atoms with Gasteiger partial charge in [-0.1, -0.05) is 6.08 Å². The van der Waals surface area contributed by atoms with Gasteiger partial charge in [0.2, 0.25) is 0 Å². The molecule has 13 heavy (non-hydrogen) atoms. The molecule has 2 aliphatic rings. The van der Waals surface area contributed by atoms with Gasteiger partial charge in [-0.15, -0.1) is 0 Å². The summed E-state index contributed by atoms with van der Waals surface area (Å²) in [5.41, 5.74) is 0.972. The van der Waals surface area contributed by atoms with Crippen LogP contribution in [0.5, 0.6) is 0 Å². The molecule has 0 bridgehead atoms. The topological polar surface area (TPSA) is 47.8 Å². The highest BCUT2D eigenvalue weighted by atomic mass is 15.0. The third kappa shape index (κ3) is 4.66. The minimum atomic E-state index is 0.972. The van der Waals surface area contributed by atoms with Crippen LogP contribution in [0.1, 0.15) is 19.3 Å². The molecule has 3 heteroatoms. The van der Waals surface area contributed by atoms with Crippen LogP contribution in [0.2, 0.25) is 0 Å². The Balaban J connectivity index is 0.000000132. The third-order valence-corrected chi connectivity index (χ3v) is 2.14. The second-order valence-corrected chi connectivity index (χ2v) is 3.23. The van der Waals surface area contributed by atoms with Gasteiger partial charge in [-0.25, -0.2) is 0 Å². The van der Waals surface area contributed by atoms with E-state index in [0.717, 1.165) is 44.6 Å². The Hall–Kier alpha value is -0.850. The van der Waals surface area contributed by atoms with Crippen LogP contribution >= 0.6 is 0 Å². The van der Waals surface area contributed by atoms with Gasteiger partial charge in [-0.3, -0.25) is 0 Å². The number of piperazine rings is 1. The van der Waals surface area contributed by atoms with Gasteiger partial charge in [0, 0.05) is 31.8 Å². The maximum atomic E-state index is 8.25. The summed E-state index contributed by atoms with van der Waals surface area (Å²) in [4.78, 5) is 0. The molecular formula is C10H17N3. The summed E-state index contributed by atoms with van der Waals surface area (Å²) in [5, 5.41) is 14.7. The lowest BCUT2D eigenvalue weighted by Gasteiger charge is -2.11. The van der Waals surface area contributed by atoms with Crippen molar-refractivity contribution >= 4 is 0 Å². The van der Waals surface area contributed by atoms with Crippen molar-refractivity contribution in [3.63, 3.8) is 0 Å². The van der Waals surface area contributed by atoms with Crippen LogP contribution in [0.25, 0.3) is 0 Å². The van der Waals surface area contributed by atoms with Crippen LogP contribution in [-0.4, -0.2) is 26.2 Å². The average molecular weight is 179 g/mol. The van der Waals surface area contributed by atoms with Crippen molar-refractivity contribution in [1.82, 2.24) is 10.6 Å². The predicted octanol–water partition coefficient (Wildman–Crippen LogP) is 0.799. The SMILES string of the molecule is C1CNCCN1.N#CC1=CCCC1. The van der Waals surface area contributed by atoms with Gasteiger partial charge in [0.05, 0.1) is 6.07 Å². The van der Waals surface area contributed by atoms with E-state index in [1.807, 2.05) is 6.08 Å². The fourth-order valence-electron chi connectivity index (χ4n) is 1.38. The lowest BCUT2D eigenvalue weighted by atomic mass is 10.3. The number of allylic oxidation sites excluding steroid dienone is 2. The van der Waals surface area contributed by atoms with Crippen LogP contribution in [0.4, 0.5) is 0 Å². The molecule has 0 amide bonds. The molecule has 0 saturated carbocycles. The highest BCUT2D eigenvalue weighted by Crippen LogP contribution is 2.15. The predicted molar refractivity (Wildman–Crippen MR) is 53.3 cm³/mol. The Morgan fingerprint density at radius 2 is 1.77 bits per heavy atom. The second-order valence-electron chi connectivity index (χ2n) is 3.23. The van der Waals surface area contributed by atoms with Crippen molar-refractivity contribution < 1.29 is 0 Å². The maximum absolute atomic E-state index is 8.25. The Morgan fingerprint density at radius 1 is 1.15 bits per heavy atom. The Morgan fingerprint density at radius 3 is 2.00 bits per heavy atom. The van der Waals surface area contributed by atoms with Gasteiger partial charge in [0.15, 0.2) is 0 Å². The van der Waals surface area contributed by atoms with E-state index in [4.69, 9.17) is 5.26 Å². The number of rotatable bonds is 0. The zero-order chi connectivity index (χ0) is 9.36. The first-order valence-electron chi connectivity index (χ1n) is 4.94. The summed E-state index contributed by atoms with van der Waals surface area (Å²) in [5.74, 6) is 0. The Kier molecular flexibility index (Phi) is 5.23. The largest absolute Gasteiger partial charge is 0.314 e. The summed E-state index contributed by atoms with van der Waals surface area (Å²) in [6.07, 6.45) is 5.32. The Bertz CT molecular complexity index is 187. The summed E-state index contributed by atoms with van der Waals surface area (Å²) < 4.78 is 0. The molecule has 1 saturated heterocycles. The van der Waals surface area contributed by atoms with Crippen molar-refractivity contribution in [1.29, 1.82) is 5.26 Å². The first-order valence-corrected chi connectivity index (χ1v) is 4.94. The van der Waals surface area contributed by atoms with Gasteiger partial charge < -0.3 is 10.6 Å². The number of nitriles is 1. The highest BCUT2D eigenvalue weighted by molar-refractivity contribution is 5.23. The minimum absolute atomic E-state index is 0.972. The van der Waals surface area contributed by atoms with E-state index in [1.54, 1.807) is 0 Å². The first kappa shape index (κ1) is 10.2. The molecule has 1 aliphatic heterocycles. The van der Waals surface area contributed by atoms with E-state index in [-0.39, 0.29) is 0 Å². The molecule has 1 heterocycles. The molecular weight excluding hydrogens is 162 g/mol. The standard InChI is InChI=1S/C6H7N.C4H10N2/c7-5-6-3-1-2-4-6;1-2-6-4-3-5-1/h3H,1-2,4H2;5-6H,1-4H2. The van der Waals surface area contributed by atoms with Crippen molar-refractivity contribution in [3.8, 4) is 6.07 Å². The lowest BCUT2D eigenvalue weighted by molar-refractivity contribution is 0.534. The molecule has 1 aliphatic carbocycles. The fraction of sp³-hybridized carbons (Fsp3) is 0.700. The summed E-state index contributed by atoms with van der Waals surface area (Å²) in [6, 6.07) is 2.12. The van der Waals surface area contributed by atoms with Crippen molar-refractivity contribution in [3.05, 3.63) is 11.6 Å². The van der Waals surface area contributed by atoms with E-state index in [1.165, 1.54) is 6.42 Å². The van der Waals surface area contributed by atoms with Crippen molar-refractivity contribution in [2.24, 2.45) is 0 Å². The quantitative estimate of drug-likeness (QED) is 0.578. The molecule has 0 aromatic carbocycles. The minimum Gasteiger partial charge on any atom is -0.314 e. The third-order valence-electron chi connectivity index (χ3n) is 2.14. The van der Waals surface area contributed by atoms with Gasteiger partial charge >= 0.3 is 0 Å². The van der Waals surface area contributed by atoms with Gasteiger partial charge in [-0.2, -0.15) is 5.26 Å². The van der Waals surface area contributed by atoms with Crippen LogP contribution < -0.4 is 10.6 Å². The molecule has 0 atom stereocenters.